The Morgan fingerprint density at radius 3 is 2.58 bits per heavy atom. The number of rotatable bonds is 5. The van der Waals surface area contributed by atoms with E-state index in [1.165, 1.54) is 22.2 Å². The summed E-state index contributed by atoms with van der Waals surface area (Å²) in [6, 6.07) is 10.5. The fourth-order valence-electron chi connectivity index (χ4n) is 1.76. The summed E-state index contributed by atoms with van der Waals surface area (Å²) in [5, 5.41) is 2.16. The lowest BCUT2D eigenvalue weighted by atomic mass is 10.1. The van der Waals surface area contributed by atoms with Crippen molar-refractivity contribution >= 4 is 11.8 Å². The molecule has 1 aliphatic rings. The molecule has 0 aliphatic heterocycles. The zero-order valence-electron chi connectivity index (χ0n) is 10.9. The summed E-state index contributed by atoms with van der Waals surface area (Å²) in [6.07, 6.45) is 19.4. The molecule has 0 heterocycles. The average molecular weight is 267 g/mol. The molecule has 0 atom stereocenters. The lowest BCUT2D eigenvalue weighted by molar-refractivity contribution is 0.991. The minimum absolute atomic E-state index is 1.16. The minimum Gasteiger partial charge on any atom is -0.0842 e. The van der Waals surface area contributed by atoms with E-state index >= 15 is 0 Å². The van der Waals surface area contributed by atoms with Crippen LogP contribution in [0.4, 0.5) is 0 Å². The van der Waals surface area contributed by atoms with E-state index in [-0.39, 0.29) is 0 Å². The predicted octanol–water partition coefficient (Wildman–Crippen LogP) is 4.76. The van der Waals surface area contributed by atoms with E-state index in [1.54, 1.807) is 0 Å². The smallest absolute Gasteiger partial charge is 0.0842 e. The van der Waals surface area contributed by atoms with Crippen LogP contribution in [0, 0.1) is 0 Å². The van der Waals surface area contributed by atoms with E-state index in [1.807, 2.05) is 6.07 Å². The Bertz CT molecular complexity index is 516. The van der Waals surface area contributed by atoms with Crippen LogP contribution in [0.5, 0.6) is 0 Å². The van der Waals surface area contributed by atoms with Crippen molar-refractivity contribution in [3.8, 4) is 0 Å². The largest absolute Gasteiger partial charge is 0.157 e. The molecule has 0 unspecified atom stereocenters. The molecule has 19 heavy (non-hydrogen) atoms. The van der Waals surface area contributed by atoms with Crippen LogP contribution in [0.15, 0.2) is 94.8 Å². The van der Waals surface area contributed by atoms with Crippen LogP contribution < -0.4 is 0 Å². The van der Waals surface area contributed by atoms with Gasteiger partial charge in [0, 0.05) is 11.8 Å². The lowest BCUT2D eigenvalue weighted by Crippen LogP contribution is -1.81. The predicted molar refractivity (Wildman–Crippen MR) is 87.3 cm³/mol. The lowest BCUT2D eigenvalue weighted by Gasteiger charge is -2.01. The molecule has 1 heteroatoms. The normalized spacial score (nSPS) is 15.7. The molecule has 0 aromatic heterocycles. The first-order valence-corrected chi connectivity index (χ1v) is 7.53. The third-order valence-electron chi connectivity index (χ3n) is 2.76. The molecule has 1 aromatic carbocycles. The van der Waals surface area contributed by atoms with Gasteiger partial charge in [-0.3, -0.25) is 0 Å². The van der Waals surface area contributed by atoms with Crippen LogP contribution in [0.1, 0.15) is 12.8 Å². The highest BCUT2D eigenvalue weighted by atomic mass is 32.2. The second-order valence-corrected chi connectivity index (χ2v) is 5.33. The molecule has 0 fully saturated rings. The second kappa shape index (κ2) is 8.39. The molecule has 0 bridgehead atoms. The van der Waals surface area contributed by atoms with Gasteiger partial charge in [-0.1, -0.05) is 60.7 Å². The monoisotopic (exact) mass is 267 g/mol. The van der Waals surface area contributed by atoms with E-state index in [4.69, 9.17) is 0 Å². The number of benzene rings is 1. The van der Waals surface area contributed by atoms with Gasteiger partial charge in [-0.25, -0.2) is 0 Å². The first-order chi connectivity index (χ1) is 9.45. The SMILES string of the molecule is C1=CCCC(\C=C/C=C\C=C\[SH+]c2ccccc2)=C1. The van der Waals surface area contributed by atoms with E-state index < -0.39 is 0 Å². The van der Waals surface area contributed by atoms with Gasteiger partial charge in [-0.05, 0) is 36.6 Å². The fourth-order valence-corrected chi connectivity index (χ4v) is 2.46. The van der Waals surface area contributed by atoms with Crippen LogP contribution in [0.3, 0.4) is 0 Å². The maximum atomic E-state index is 2.21. The maximum absolute atomic E-state index is 2.21. The van der Waals surface area contributed by atoms with Crippen molar-refractivity contribution in [1.82, 2.24) is 0 Å². The van der Waals surface area contributed by atoms with Crippen molar-refractivity contribution in [3.63, 3.8) is 0 Å². The quantitative estimate of drug-likeness (QED) is 0.410. The first kappa shape index (κ1) is 13.7. The van der Waals surface area contributed by atoms with Crippen LogP contribution in [0.25, 0.3) is 0 Å². The highest BCUT2D eigenvalue weighted by molar-refractivity contribution is 7.81. The van der Waals surface area contributed by atoms with Crippen molar-refractivity contribution in [2.24, 2.45) is 0 Å². The molecule has 0 nitrogen and oxygen atoms in total. The Balaban J connectivity index is 1.73. The third kappa shape index (κ3) is 5.62. The topological polar surface area (TPSA) is 0 Å². The summed E-state index contributed by atoms with van der Waals surface area (Å²) < 4.78 is 0. The van der Waals surface area contributed by atoms with Gasteiger partial charge in [-0.15, -0.1) is 0 Å². The highest BCUT2D eigenvalue weighted by Gasteiger charge is 1.94. The van der Waals surface area contributed by atoms with Crippen molar-refractivity contribution in [3.05, 3.63) is 89.9 Å². The van der Waals surface area contributed by atoms with Gasteiger partial charge >= 0.3 is 0 Å². The number of hydrogen-bond donors (Lipinski definition) is 0. The molecule has 1 aliphatic carbocycles. The van der Waals surface area contributed by atoms with Crippen LogP contribution in [-0.4, -0.2) is 0 Å². The van der Waals surface area contributed by atoms with Crippen LogP contribution in [-0.2, 0) is 11.8 Å². The van der Waals surface area contributed by atoms with Gasteiger partial charge in [0.05, 0.1) is 0 Å². The van der Waals surface area contributed by atoms with E-state index in [0.717, 1.165) is 12.8 Å². The fraction of sp³-hybridized carbons (Fsp3) is 0.111. The Hall–Kier alpha value is -1.73. The molecular weight excluding hydrogens is 248 g/mol. The van der Waals surface area contributed by atoms with Crippen molar-refractivity contribution in [2.45, 2.75) is 17.7 Å². The van der Waals surface area contributed by atoms with Gasteiger partial charge < -0.3 is 0 Å². The first-order valence-electron chi connectivity index (χ1n) is 6.56. The number of thiol groups is 1. The van der Waals surface area contributed by atoms with Gasteiger partial charge in [-0.2, -0.15) is 0 Å². The summed E-state index contributed by atoms with van der Waals surface area (Å²) in [5.41, 5.74) is 1.40. The third-order valence-corrected chi connectivity index (χ3v) is 3.67. The maximum Gasteiger partial charge on any atom is 0.157 e. The zero-order chi connectivity index (χ0) is 13.2. The Morgan fingerprint density at radius 1 is 0.947 bits per heavy atom. The van der Waals surface area contributed by atoms with E-state index in [0.29, 0.717) is 0 Å². The van der Waals surface area contributed by atoms with Gasteiger partial charge in [0.1, 0.15) is 5.41 Å². The average Bonchev–Trinajstić information content (AvgIpc) is 2.48. The van der Waals surface area contributed by atoms with Crippen molar-refractivity contribution in [1.29, 1.82) is 0 Å². The molecule has 0 saturated heterocycles. The van der Waals surface area contributed by atoms with Crippen LogP contribution in [0.2, 0.25) is 0 Å². The Labute approximate surface area is 119 Å². The Morgan fingerprint density at radius 2 is 1.79 bits per heavy atom. The molecule has 0 saturated carbocycles. The van der Waals surface area contributed by atoms with E-state index in [2.05, 4.69) is 78.3 Å². The molecule has 0 amide bonds. The standard InChI is InChI=1S/C18H18S/c1(5-11-17-12-6-3-7-13-17)2-10-16-19-18-14-8-4-9-15-18/h1-6,8-12,14-16H,7,13H2/p+1/b2-1-,11-5-,16-10+. The number of allylic oxidation sites excluding steroid dienone is 9. The molecule has 0 spiro atoms. The van der Waals surface area contributed by atoms with Gasteiger partial charge in [0.15, 0.2) is 4.90 Å². The molecule has 0 N–H and O–H groups in total. The highest BCUT2D eigenvalue weighted by Crippen LogP contribution is 2.12. The Kier molecular flexibility index (Phi) is 6.04. The van der Waals surface area contributed by atoms with Crippen LogP contribution >= 0.6 is 0 Å². The second-order valence-electron chi connectivity index (χ2n) is 4.26. The number of hydrogen-bond acceptors (Lipinski definition) is 0. The molecule has 2 rings (SSSR count). The minimum atomic E-state index is 1.16. The summed E-state index contributed by atoms with van der Waals surface area (Å²) in [7, 11) is 0. The molecular formula is C18H19S+. The van der Waals surface area contributed by atoms with Crippen molar-refractivity contribution < 1.29 is 0 Å². The summed E-state index contributed by atoms with van der Waals surface area (Å²) in [6.45, 7) is 0. The summed E-state index contributed by atoms with van der Waals surface area (Å²) in [4.78, 5) is 1.32. The van der Waals surface area contributed by atoms with Gasteiger partial charge in [0.25, 0.3) is 0 Å². The van der Waals surface area contributed by atoms with Crippen molar-refractivity contribution in [2.75, 3.05) is 0 Å². The summed E-state index contributed by atoms with van der Waals surface area (Å²) in [5.74, 6) is 0. The zero-order valence-corrected chi connectivity index (χ0v) is 11.8. The van der Waals surface area contributed by atoms with Gasteiger partial charge in [0.2, 0.25) is 0 Å². The molecule has 1 aromatic rings. The summed E-state index contributed by atoms with van der Waals surface area (Å²) >= 11 is 1.24. The van der Waals surface area contributed by atoms with E-state index in [9.17, 15) is 0 Å². The molecule has 0 radical (unpaired) electrons. The molecule has 96 valence electrons.